The summed E-state index contributed by atoms with van der Waals surface area (Å²) in [4.78, 5) is 0. The minimum atomic E-state index is -0.320. The lowest BCUT2D eigenvalue weighted by Crippen LogP contribution is -2.28. The van der Waals surface area contributed by atoms with Gasteiger partial charge in [0, 0.05) is 6.54 Å². The van der Waals surface area contributed by atoms with Crippen molar-refractivity contribution in [1.82, 2.24) is 5.32 Å². The number of benzene rings is 1. The highest BCUT2D eigenvalue weighted by Crippen LogP contribution is 2.21. The second-order valence-electron chi connectivity index (χ2n) is 4.51. The minimum Gasteiger partial charge on any atom is -0.488 e. The van der Waals surface area contributed by atoms with Crippen molar-refractivity contribution in [3.8, 4) is 5.75 Å². The van der Waals surface area contributed by atoms with Crippen LogP contribution in [0.2, 0.25) is 0 Å². The van der Waals surface area contributed by atoms with Crippen molar-refractivity contribution in [1.29, 1.82) is 0 Å². The molecule has 0 saturated carbocycles. The molecule has 1 fully saturated rings. The third-order valence-corrected chi connectivity index (χ3v) is 3.08. The summed E-state index contributed by atoms with van der Waals surface area (Å²) in [5.41, 5.74) is 0. The molecule has 0 amide bonds. The summed E-state index contributed by atoms with van der Waals surface area (Å²) in [6.45, 7) is 4.33. The molecule has 4 heteroatoms. The molecular formula is C14H20FNO2. The van der Waals surface area contributed by atoms with Gasteiger partial charge in [-0.1, -0.05) is 19.1 Å². The molecule has 2 atom stereocenters. The molecule has 3 nitrogen and oxygen atoms in total. The second-order valence-corrected chi connectivity index (χ2v) is 4.51. The summed E-state index contributed by atoms with van der Waals surface area (Å²) in [5, 5.41) is 3.27. The Morgan fingerprint density at radius 2 is 2.11 bits per heavy atom. The van der Waals surface area contributed by atoms with Crippen LogP contribution >= 0.6 is 0 Å². The van der Waals surface area contributed by atoms with E-state index < -0.39 is 0 Å². The number of hydrogen-bond acceptors (Lipinski definition) is 3. The Labute approximate surface area is 107 Å². The van der Waals surface area contributed by atoms with Gasteiger partial charge >= 0.3 is 0 Å². The first-order valence-corrected chi connectivity index (χ1v) is 6.53. The van der Waals surface area contributed by atoms with Crippen molar-refractivity contribution in [2.75, 3.05) is 19.7 Å². The second kappa shape index (κ2) is 6.71. The van der Waals surface area contributed by atoms with E-state index in [1.54, 1.807) is 18.2 Å². The lowest BCUT2D eigenvalue weighted by molar-refractivity contribution is 0.0180. The maximum absolute atomic E-state index is 13.3. The highest BCUT2D eigenvalue weighted by atomic mass is 19.1. The third kappa shape index (κ3) is 3.68. The quantitative estimate of drug-likeness (QED) is 0.844. The standard InChI is InChI=1S/C14H20FNO2/c1-2-16-9-11-7-8-12(18-11)10-17-14-6-4-3-5-13(14)15/h3-6,11-12,16H,2,7-10H2,1H3. The van der Waals surface area contributed by atoms with Gasteiger partial charge < -0.3 is 14.8 Å². The molecule has 2 rings (SSSR count). The molecule has 0 aromatic heterocycles. The third-order valence-electron chi connectivity index (χ3n) is 3.08. The summed E-state index contributed by atoms with van der Waals surface area (Å²) >= 11 is 0. The van der Waals surface area contributed by atoms with E-state index in [9.17, 15) is 4.39 Å². The van der Waals surface area contributed by atoms with E-state index in [1.807, 2.05) is 0 Å². The van der Waals surface area contributed by atoms with E-state index in [1.165, 1.54) is 6.07 Å². The van der Waals surface area contributed by atoms with Crippen LogP contribution in [-0.2, 0) is 4.74 Å². The Balaban J connectivity index is 1.74. The lowest BCUT2D eigenvalue weighted by Gasteiger charge is -2.15. The molecule has 1 aromatic rings. The first-order chi connectivity index (χ1) is 8.79. The van der Waals surface area contributed by atoms with E-state index >= 15 is 0 Å². The van der Waals surface area contributed by atoms with E-state index in [0.717, 1.165) is 25.9 Å². The van der Waals surface area contributed by atoms with Gasteiger partial charge in [-0.25, -0.2) is 4.39 Å². The summed E-state index contributed by atoms with van der Waals surface area (Å²) in [5.74, 6) is -0.0177. The Morgan fingerprint density at radius 1 is 1.33 bits per heavy atom. The highest BCUT2D eigenvalue weighted by molar-refractivity contribution is 5.23. The molecule has 2 unspecified atom stereocenters. The molecule has 1 heterocycles. The van der Waals surface area contributed by atoms with Crippen molar-refractivity contribution in [2.24, 2.45) is 0 Å². The maximum atomic E-state index is 13.3. The van der Waals surface area contributed by atoms with E-state index in [4.69, 9.17) is 9.47 Å². The molecule has 0 radical (unpaired) electrons. The van der Waals surface area contributed by atoms with Crippen molar-refractivity contribution >= 4 is 0 Å². The molecule has 1 aromatic carbocycles. The van der Waals surface area contributed by atoms with Crippen LogP contribution in [0, 0.1) is 5.82 Å². The Kier molecular flexibility index (Phi) is 4.96. The van der Waals surface area contributed by atoms with Crippen molar-refractivity contribution in [3.63, 3.8) is 0 Å². The number of halogens is 1. The number of rotatable bonds is 6. The smallest absolute Gasteiger partial charge is 0.165 e. The fourth-order valence-electron chi connectivity index (χ4n) is 2.10. The SMILES string of the molecule is CCNCC1CCC(COc2ccccc2F)O1. The first-order valence-electron chi connectivity index (χ1n) is 6.53. The molecule has 0 spiro atoms. The largest absolute Gasteiger partial charge is 0.488 e. The van der Waals surface area contributed by atoms with E-state index in [0.29, 0.717) is 12.4 Å². The predicted molar refractivity (Wildman–Crippen MR) is 68.3 cm³/mol. The number of hydrogen-bond donors (Lipinski definition) is 1. The predicted octanol–water partition coefficient (Wildman–Crippen LogP) is 2.36. The van der Waals surface area contributed by atoms with Crippen LogP contribution in [0.1, 0.15) is 19.8 Å². The normalized spacial score (nSPS) is 23.2. The lowest BCUT2D eigenvalue weighted by atomic mass is 10.2. The van der Waals surface area contributed by atoms with Crippen molar-refractivity contribution < 1.29 is 13.9 Å². The number of likely N-dealkylation sites (N-methyl/N-ethyl adjacent to an activating group) is 1. The van der Waals surface area contributed by atoms with Gasteiger partial charge in [0.1, 0.15) is 6.61 Å². The Morgan fingerprint density at radius 3 is 2.89 bits per heavy atom. The van der Waals surface area contributed by atoms with Crippen molar-refractivity contribution in [3.05, 3.63) is 30.1 Å². The molecule has 0 bridgehead atoms. The molecule has 100 valence electrons. The van der Waals surface area contributed by atoms with Crippen molar-refractivity contribution in [2.45, 2.75) is 32.0 Å². The first kappa shape index (κ1) is 13.3. The number of ether oxygens (including phenoxy) is 2. The van der Waals surface area contributed by atoms with Gasteiger partial charge in [-0.15, -0.1) is 0 Å². The van der Waals surface area contributed by atoms with Gasteiger partial charge in [-0.05, 0) is 31.5 Å². The minimum absolute atomic E-state index is 0.0771. The Bertz CT molecular complexity index is 373. The fourth-order valence-corrected chi connectivity index (χ4v) is 2.10. The monoisotopic (exact) mass is 253 g/mol. The molecule has 1 saturated heterocycles. The molecule has 18 heavy (non-hydrogen) atoms. The van der Waals surface area contributed by atoms with Crippen LogP contribution in [0.25, 0.3) is 0 Å². The van der Waals surface area contributed by atoms with Gasteiger partial charge in [0.2, 0.25) is 0 Å². The average molecular weight is 253 g/mol. The molecule has 0 aliphatic carbocycles. The van der Waals surface area contributed by atoms with Crippen LogP contribution in [0.4, 0.5) is 4.39 Å². The average Bonchev–Trinajstić information content (AvgIpc) is 2.83. The molecular weight excluding hydrogens is 233 g/mol. The van der Waals surface area contributed by atoms with Crippen LogP contribution < -0.4 is 10.1 Å². The zero-order valence-electron chi connectivity index (χ0n) is 10.7. The van der Waals surface area contributed by atoms with E-state index in [2.05, 4.69) is 12.2 Å². The summed E-state index contributed by atoms with van der Waals surface area (Å²) < 4.78 is 24.6. The zero-order chi connectivity index (χ0) is 12.8. The molecule has 1 N–H and O–H groups in total. The summed E-state index contributed by atoms with van der Waals surface area (Å²) in [7, 11) is 0. The highest BCUT2D eigenvalue weighted by Gasteiger charge is 2.25. The topological polar surface area (TPSA) is 30.5 Å². The van der Waals surface area contributed by atoms with Gasteiger partial charge in [-0.2, -0.15) is 0 Å². The van der Waals surface area contributed by atoms with Gasteiger partial charge in [0.25, 0.3) is 0 Å². The number of nitrogens with one attached hydrogen (secondary N) is 1. The van der Waals surface area contributed by atoms with Gasteiger partial charge in [-0.3, -0.25) is 0 Å². The Hall–Kier alpha value is -1.13. The van der Waals surface area contributed by atoms with Gasteiger partial charge in [0.05, 0.1) is 12.2 Å². The maximum Gasteiger partial charge on any atom is 0.165 e. The summed E-state index contributed by atoms with van der Waals surface area (Å²) in [6.07, 6.45) is 2.36. The van der Waals surface area contributed by atoms with Crippen LogP contribution in [0.3, 0.4) is 0 Å². The van der Waals surface area contributed by atoms with E-state index in [-0.39, 0.29) is 18.0 Å². The van der Waals surface area contributed by atoms with Gasteiger partial charge in [0.15, 0.2) is 11.6 Å². The summed E-state index contributed by atoms with van der Waals surface area (Å²) in [6, 6.07) is 6.46. The fraction of sp³-hybridized carbons (Fsp3) is 0.571. The molecule has 1 aliphatic rings. The van der Waals surface area contributed by atoms with Crippen LogP contribution in [0.5, 0.6) is 5.75 Å². The zero-order valence-corrected chi connectivity index (χ0v) is 10.7. The molecule has 1 aliphatic heterocycles. The van der Waals surface area contributed by atoms with Crippen LogP contribution in [-0.4, -0.2) is 31.9 Å². The van der Waals surface area contributed by atoms with Crippen LogP contribution in [0.15, 0.2) is 24.3 Å². The number of para-hydroxylation sites is 1.